The van der Waals surface area contributed by atoms with Gasteiger partial charge in [0.05, 0.1) is 0 Å². The van der Waals surface area contributed by atoms with Crippen LogP contribution in [-0.2, 0) is 6.11 Å². The highest BCUT2D eigenvalue weighted by Gasteiger charge is 2.41. The van der Waals surface area contributed by atoms with E-state index in [0.717, 1.165) is 61.1 Å². The first-order valence-electron chi connectivity index (χ1n) is 15.8. The summed E-state index contributed by atoms with van der Waals surface area (Å²) < 4.78 is 79.2. The highest BCUT2D eigenvalue weighted by atomic mass is 35.5. The number of rotatable bonds is 10. The summed E-state index contributed by atoms with van der Waals surface area (Å²) in [7, 11) is 0. The zero-order chi connectivity index (χ0) is 30.6. The molecule has 0 saturated heterocycles. The molecule has 0 unspecified atom stereocenters. The van der Waals surface area contributed by atoms with Gasteiger partial charge < -0.3 is 4.74 Å². The predicted octanol–water partition coefficient (Wildman–Crippen LogP) is 12.2. The lowest BCUT2D eigenvalue weighted by atomic mass is 9.68. The highest BCUT2D eigenvalue weighted by molar-refractivity contribution is 6.30. The molecule has 43 heavy (non-hydrogen) atoms. The van der Waals surface area contributed by atoms with Crippen molar-refractivity contribution < 1.29 is 26.7 Å². The van der Waals surface area contributed by atoms with Crippen LogP contribution in [0.25, 0.3) is 11.1 Å². The Bertz CT molecular complexity index is 1340. The molecule has 0 radical (unpaired) electrons. The number of hydrogen-bond donors (Lipinski definition) is 0. The van der Waals surface area contributed by atoms with E-state index in [1.54, 1.807) is 6.07 Å². The van der Waals surface area contributed by atoms with E-state index in [1.165, 1.54) is 87.8 Å². The third-order valence-corrected chi connectivity index (χ3v) is 9.97. The lowest BCUT2D eigenvalue weighted by molar-refractivity contribution is -0.189. The number of halogens is 6. The van der Waals surface area contributed by atoms with Crippen molar-refractivity contribution in [3.05, 3.63) is 88.2 Å². The number of ether oxygens (including phenoxy) is 1. The Labute approximate surface area is 256 Å². The Morgan fingerprint density at radius 2 is 1.35 bits per heavy atom. The van der Waals surface area contributed by atoms with Gasteiger partial charge in [-0.25, -0.2) is 13.2 Å². The van der Waals surface area contributed by atoms with Gasteiger partial charge in [-0.3, -0.25) is 0 Å². The van der Waals surface area contributed by atoms with Crippen molar-refractivity contribution in [2.24, 2.45) is 17.8 Å². The summed E-state index contributed by atoms with van der Waals surface area (Å²) in [6.07, 6.45) is 10.7. The van der Waals surface area contributed by atoms with Gasteiger partial charge in [-0.1, -0.05) is 69.2 Å². The SMILES string of the molecule is CCCCCC1CCC(C2CCC(c3ccc(-c4cc(F)c(C(F)(F)Oc5ccc(Cl)cc5)c(F)c4)c(F)c3)CC2)CC1. The van der Waals surface area contributed by atoms with Crippen LogP contribution in [0.5, 0.6) is 5.75 Å². The van der Waals surface area contributed by atoms with Gasteiger partial charge in [-0.15, -0.1) is 0 Å². The molecule has 0 bridgehead atoms. The van der Waals surface area contributed by atoms with Gasteiger partial charge in [0, 0.05) is 10.6 Å². The molecule has 0 N–H and O–H groups in total. The molecule has 5 rings (SSSR count). The maximum Gasteiger partial charge on any atom is 0.432 e. The van der Waals surface area contributed by atoms with E-state index in [0.29, 0.717) is 5.02 Å². The molecule has 0 spiro atoms. The van der Waals surface area contributed by atoms with Gasteiger partial charge >= 0.3 is 6.11 Å². The molecule has 0 heterocycles. The second kappa shape index (κ2) is 14.0. The largest absolute Gasteiger partial charge is 0.432 e. The minimum atomic E-state index is -4.30. The minimum Gasteiger partial charge on any atom is -0.429 e. The number of alkyl halides is 2. The quantitative estimate of drug-likeness (QED) is 0.162. The lowest BCUT2D eigenvalue weighted by Crippen LogP contribution is -2.25. The van der Waals surface area contributed by atoms with Crippen molar-refractivity contribution in [2.75, 3.05) is 0 Å². The molecule has 2 aliphatic rings. The minimum absolute atomic E-state index is 0.0422. The predicted molar refractivity (Wildman–Crippen MR) is 162 cm³/mol. The van der Waals surface area contributed by atoms with Gasteiger partial charge in [0.15, 0.2) is 0 Å². The van der Waals surface area contributed by atoms with Crippen molar-refractivity contribution in [3.63, 3.8) is 0 Å². The van der Waals surface area contributed by atoms with E-state index < -0.39 is 29.1 Å². The Hall–Kier alpha value is -2.60. The molecule has 3 aromatic rings. The smallest absolute Gasteiger partial charge is 0.429 e. The zero-order valence-corrected chi connectivity index (χ0v) is 25.4. The van der Waals surface area contributed by atoms with E-state index in [1.807, 2.05) is 0 Å². The summed E-state index contributed by atoms with van der Waals surface area (Å²) in [6.45, 7) is 2.25. The fourth-order valence-corrected chi connectivity index (χ4v) is 7.41. The summed E-state index contributed by atoms with van der Waals surface area (Å²) >= 11 is 5.75. The maximum atomic E-state index is 15.3. The maximum absolute atomic E-state index is 15.3. The molecule has 3 aromatic carbocycles. The van der Waals surface area contributed by atoms with Gasteiger partial charge in [0.2, 0.25) is 0 Å². The number of hydrogen-bond acceptors (Lipinski definition) is 1. The van der Waals surface area contributed by atoms with E-state index in [9.17, 15) is 17.6 Å². The summed E-state index contributed by atoms with van der Waals surface area (Å²) in [5.74, 6) is -1.29. The summed E-state index contributed by atoms with van der Waals surface area (Å²) in [4.78, 5) is 0. The van der Waals surface area contributed by atoms with Crippen molar-refractivity contribution in [3.8, 4) is 16.9 Å². The highest BCUT2D eigenvalue weighted by Crippen LogP contribution is 2.45. The Kier molecular flexibility index (Phi) is 10.4. The molecule has 1 nitrogen and oxygen atoms in total. The molecule has 0 aromatic heterocycles. The second-order valence-electron chi connectivity index (χ2n) is 12.5. The molecule has 2 aliphatic carbocycles. The first-order valence-corrected chi connectivity index (χ1v) is 16.1. The van der Waals surface area contributed by atoms with Gasteiger partial charge in [-0.2, -0.15) is 8.78 Å². The molecule has 232 valence electrons. The van der Waals surface area contributed by atoms with Crippen LogP contribution in [0.1, 0.15) is 101 Å². The van der Waals surface area contributed by atoms with Crippen molar-refractivity contribution in [2.45, 2.75) is 96.0 Å². The third kappa shape index (κ3) is 7.74. The van der Waals surface area contributed by atoms with Gasteiger partial charge in [0.1, 0.15) is 28.8 Å². The summed E-state index contributed by atoms with van der Waals surface area (Å²) in [5.41, 5.74) is -0.858. The normalized spacial score (nSPS) is 22.9. The van der Waals surface area contributed by atoms with Crippen LogP contribution in [0.3, 0.4) is 0 Å². The average Bonchev–Trinajstić information content (AvgIpc) is 2.98. The third-order valence-electron chi connectivity index (χ3n) is 9.71. The monoisotopic (exact) mass is 618 g/mol. The van der Waals surface area contributed by atoms with E-state index in [4.69, 9.17) is 11.6 Å². The molecule has 2 fully saturated rings. The Morgan fingerprint density at radius 3 is 1.93 bits per heavy atom. The van der Waals surface area contributed by atoms with Crippen LogP contribution in [0, 0.1) is 35.2 Å². The Morgan fingerprint density at radius 1 is 0.744 bits per heavy atom. The number of benzene rings is 3. The molecular weight excluding hydrogens is 579 g/mol. The molecule has 0 aliphatic heterocycles. The van der Waals surface area contributed by atoms with E-state index >= 15 is 4.39 Å². The van der Waals surface area contributed by atoms with Crippen LogP contribution >= 0.6 is 11.6 Å². The zero-order valence-electron chi connectivity index (χ0n) is 24.7. The lowest BCUT2D eigenvalue weighted by Gasteiger charge is -2.38. The first-order chi connectivity index (χ1) is 20.6. The average molecular weight is 619 g/mol. The molecule has 2 saturated carbocycles. The standard InChI is InChI=1S/C36H40ClF5O/c1-2-3-4-5-23-6-8-24(9-7-23)25-10-12-26(13-11-25)27-14-19-31(32(38)20-27)28-21-33(39)35(34(40)22-28)36(41,42)43-30-17-15-29(37)16-18-30/h14-26H,2-13H2,1H3. The van der Waals surface area contributed by atoms with Crippen LogP contribution in [0.15, 0.2) is 54.6 Å². The number of unbranched alkanes of at least 4 members (excludes halogenated alkanes) is 2. The Balaban J connectivity index is 1.21. The van der Waals surface area contributed by atoms with Gasteiger partial charge in [-0.05, 0) is 116 Å². The molecular formula is C36H40ClF5O. The van der Waals surface area contributed by atoms with Crippen LogP contribution in [0.4, 0.5) is 22.0 Å². The molecule has 0 amide bonds. The summed E-state index contributed by atoms with van der Waals surface area (Å²) in [6, 6.07) is 11.2. The fraction of sp³-hybridized carbons (Fsp3) is 0.500. The van der Waals surface area contributed by atoms with E-state index in [-0.39, 0.29) is 22.8 Å². The first kappa shape index (κ1) is 31.8. The van der Waals surface area contributed by atoms with Crippen LogP contribution in [0.2, 0.25) is 5.02 Å². The van der Waals surface area contributed by atoms with Crippen molar-refractivity contribution in [1.82, 2.24) is 0 Å². The molecule has 0 atom stereocenters. The van der Waals surface area contributed by atoms with Crippen molar-refractivity contribution in [1.29, 1.82) is 0 Å². The van der Waals surface area contributed by atoms with Crippen molar-refractivity contribution >= 4 is 11.6 Å². The van der Waals surface area contributed by atoms with Crippen LogP contribution in [-0.4, -0.2) is 0 Å². The fourth-order valence-electron chi connectivity index (χ4n) is 7.28. The molecule has 7 heteroatoms. The second-order valence-corrected chi connectivity index (χ2v) is 13.0. The van der Waals surface area contributed by atoms with Crippen LogP contribution < -0.4 is 4.74 Å². The topological polar surface area (TPSA) is 9.23 Å². The van der Waals surface area contributed by atoms with E-state index in [2.05, 4.69) is 11.7 Å². The summed E-state index contributed by atoms with van der Waals surface area (Å²) in [5, 5.41) is 0.295. The van der Waals surface area contributed by atoms with Gasteiger partial charge in [0.25, 0.3) is 0 Å².